The summed E-state index contributed by atoms with van der Waals surface area (Å²) in [5, 5.41) is 13.9. The Labute approximate surface area is 236 Å². The monoisotopic (exact) mass is 598 g/mol. The van der Waals surface area contributed by atoms with Gasteiger partial charge in [-0.3, -0.25) is 4.79 Å². The molecule has 12 heteroatoms. The molecule has 0 bridgehead atoms. The first-order chi connectivity index (χ1) is 18.4. The highest BCUT2D eigenvalue weighted by molar-refractivity contribution is 7.99. The summed E-state index contributed by atoms with van der Waals surface area (Å²) >= 11 is 13.5. The highest BCUT2D eigenvalue weighted by Gasteiger charge is 2.29. The average Bonchev–Trinajstić information content (AvgIpc) is 3.31. The lowest BCUT2D eigenvalue weighted by molar-refractivity contribution is -0.411. The van der Waals surface area contributed by atoms with Gasteiger partial charge in [-0.2, -0.15) is 18.2 Å². The van der Waals surface area contributed by atoms with Crippen molar-refractivity contribution in [3.05, 3.63) is 94.0 Å². The van der Waals surface area contributed by atoms with Gasteiger partial charge < -0.3 is 19.6 Å². The quantitative estimate of drug-likeness (QED) is 0.271. The minimum Gasteiger partial charge on any atom is -0.542 e. The third-order valence-corrected chi connectivity index (χ3v) is 6.91. The summed E-state index contributed by atoms with van der Waals surface area (Å²) in [5.41, 5.74) is 3.96. The summed E-state index contributed by atoms with van der Waals surface area (Å²) in [4.78, 5) is 24.7. The Kier molecular flexibility index (Phi) is 10.7. The van der Waals surface area contributed by atoms with Crippen LogP contribution < -0.4 is 15.4 Å². The van der Waals surface area contributed by atoms with Gasteiger partial charge >= 0.3 is 11.4 Å². The first-order valence-electron chi connectivity index (χ1n) is 11.5. The zero-order valence-corrected chi connectivity index (χ0v) is 22.8. The molecular weight excluding hydrogens is 576 g/mol. The molecule has 0 aliphatic rings. The van der Waals surface area contributed by atoms with Gasteiger partial charge in [0.15, 0.2) is 0 Å². The van der Waals surface area contributed by atoms with Gasteiger partial charge in [0, 0.05) is 28.1 Å². The van der Waals surface area contributed by atoms with Crippen molar-refractivity contribution in [3.63, 3.8) is 0 Å². The normalized spacial score (nSPS) is 12.8. The third kappa shape index (κ3) is 9.49. The van der Waals surface area contributed by atoms with Gasteiger partial charge in [0.1, 0.15) is 5.97 Å². The average molecular weight is 599 g/mol. The van der Waals surface area contributed by atoms with E-state index in [0.717, 1.165) is 28.6 Å². The summed E-state index contributed by atoms with van der Waals surface area (Å²) < 4.78 is 37.3. The number of aromatic amines is 1. The minimum atomic E-state index is -5.19. The fourth-order valence-electron chi connectivity index (χ4n) is 3.65. The summed E-state index contributed by atoms with van der Waals surface area (Å²) in [7, 11) is 0. The van der Waals surface area contributed by atoms with Crippen LogP contribution in [0.15, 0.2) is 82.4 Å². The zero-order valence-electron chi connectivity index (χ0n) is 20.4. The second-order valence-electron chi connectivity index (χ2n) is 8.43. The van der Waals surface area contributed by atoms with E-state index in [4.69, 9.17) is 37.5 Å². The van der Waals surface area contributed by atoms with Gasteiger partial charge in [-0.1, -0.05) is 59.6 Å². The summed E-state index contributed by atoms with van der Waals surface area (Å²) in [5.74, 6) is -2.71. The van der Waals surface area contributed by atoms with Crippen LogP contribution in [-0.2, 0) is 16.0 Å². The number of hydrogen-bond donors (Lipinski definition) is 1. The number of carbonyl (C=O) groups is 2. The number of oxazole rings is 1. The van der Waals surface area contributed by atoms with Crippen LogP contribution in [0.5, 0.6) is 0 Å². The maximum Gasteiger partial charge on any atom is 0.430 e. The number of nitrogens with one attached hydrogen (secondary N) is 2. The molecule has 6 nitrogen and oxygen atoms in total. The Morgan fingerprint density at radius 1 is 1.00 bits per heavy atom. The number of carbonyl (C=O) groups excluding carboxylic acids is 2. The number of alkyl halides is 3. The molecule has 3 aromatic carbocycles. The van der Waals surface area contributed by atoms with Crippen LogP contribution in [0.3, 0.4) is 0 Å². The van der Waals surface area contributed by atoms with E-state index in [0.29, 0.717) is 15.3 Å². The van der Waals surface area contributed by atoms with Crippen molar-refractivity contribution in [1.29, 1.82) is 0 Å². The number of amides is 1. The van der Waals surface area contributed by atoms with Crippen molar-refractivity contribution < 1.29 is 37.3 Å². The molecule has 0 aliphatic carbocycles. The Balaban J connectivity index is 0.000000532. The van der Waals surface area contributed by atoms with Crippen LogP contribution >= 0.6 is 35.0 Å². The number of H-pyrrole nitrogens is 1. The van der Waals surface area contributed by atoms with Gasteiger partial charge in [0.25, 0.3) is 0 Å². The molecule has 0 fully saturated rings. The largest absolute Gasteiger partial charge is 0.542 e. The summed E-state index contributed by atoms with van der Waals surface area (Å²) in [6.07, 6.45) is -4.43. The molecule has 4 aromatic rings. The topological polar surface area (TPSA) is 96.5 Å². The van der Waals surface area contributed by atoms with E-state index in [2.05, 4.69) is 10.3 Å². The van der Waals surface area contributed by atoms with Crippen LogP contribution in [0.2, 0.25) is 10.0 Å². The first kappa shape index (κ1) is 30.3. The fraction of sp³-hybridized carbons (Fsp3) is 0.222. The summed E-state index contributed by atoms with van der Waals surface area (Å²) in [6.45, 7) is 2.03. The van der Waals surface area contributed by atoms with Crippen molar-refractivity contribution in [2.45, 2.75) is 36.7 Å². The van der Waals surface area contributed by atoms with Crippen LogP contribution in [0, 0.1) is 0 Å². The van der Waals surface area contributed by atoms with Gasteiger partial charge in [-0.05, 0) is 66.6 Å². The maximum absolute atomic E-state index is 12.7. The lowest BCUT2D eigenvalue weighted by Gasteiger charge is -2.26. The second kappa shape index (κ2) is 13.7. The molecule has 1 heterocycles. The highest BCUT2D eigenvalue weighted by Crippen LogP contribution is 2.27. The van der Waals surface area contributed by atoms with Crippen molar-refractivity contribution in [2.75, 3.05) is 5.75 Å². The number of halogens is 5. The lowest BCUT2D eigenvalue weighted by atomic mass is 9.86. The smallest absolute Gasteiger partial charge is 0.430 e. The van der Waals surface area contributed by atoms with E-state index in [9.17, 15) is 18.0 Å². The molecule has 0 saturated heterocycles. The number of fused-ring (bicyclic) bond motifs is 1. The van der Waals surface area contributed by atoms with Crippen molar-refractivity contribution >= 4 is 57.9 Å². The molecule has 39 heavy (non-hydrogen) atoms. The number of aromatic nitrogens is 1. The van der Waals surface area contributed by atoms with Crippen molar-refractivity contribution in [1.82, 2.24) is 5.32 Å². The Hall–Kier alpha value is -3.21. The van der Waals surface area contributed by atoms with Gasteiger partial charge in [-0.25, -0.2) is 0 Å². The van der Waals surface area contributed by atoms with E-state index in [1.54, 1.807) is 0 Å². The number of carboxylic acids is 1. The SMILES string of the molecule is C[C@@H](NC(=O)CSc1[nH+]c2ccccc2o1)[C@H](Cc1ccc(Cl)cc1)c1ccc(Cl)cc1.O=C([O-])C(F)(F)F. The predicted octanol–water partition coefficient (Wildman–Crippen LogP) is 5.48. The number of para-hydroxylation sites is 2. The maximum atomic E-state index is 12.7. The molecule has 2 atom stereocenters. The molecule has 0 unspecified atom stereocenters. The van der Waals surface area contributed by atoms with Crippen molar-refractivity contribution in [3.8, 4) is 0 Å². The standard InChI is InChI=1S/C25H22Cl2N2O2S.C2HF3O2/c1-16(28-24(30)15-32-25-29-22-4-2-3-5-23(22)31-25)21(18-8-12-20(27)13-9-18)14-17-6-10-19(26)11-7-17;3-2(4,5)1(6)7/h2-13,16,21H,14-15H2,1H3,(H,28,30);(H,6,7)/t16-,21+;/m1./s1. The van der Waals surface area contributed by atoms with E-state index >= 15 is 0 Å². The van der Waals surface area contributed by atoms with Gasteiger partial charge in [-0.15, -0.1) is 0 Å². The van der Waals surface area contributed by atoms with Gasteiger partial charge in [0.2, 0.25) is 17.0 Å². The van der Waals surface area contributed by atoms with Crippen LogP contribution in [-0.4, -0.2) is 29.8 Å². The number of carboxylic acid groups (broad SMARTS) is 1. The molecular formula is C27H23Cl2F3N2O4S. The van der Waals surface area contributed by atoms with E-state index in [-0.39, 0.29) is 23.6 Å². The Morgan fingerprint density at radius 2 is 1.56 bits per heavy atom. The van der Waals surface area contributed by atoms with E-state index in [1.807, 2.05) is 79.7 Å². The highest BCUT2D eigenvalue weighted by atomic mass is 35.5. The number of hydrogen-bond acceptors (Lipinski definition) is 5. The predicted molar refractivity (Wildman–Crippen MR) is 142 cm³/mol. The number of aliphatic carboxylic acids is 1. The minimum absolute atomic E-state index is 0.0496. The Bertz CT molecular complexity index is 1360. The zero-order chi connectivity index (χ0) is 28.6. The number of benzene rings is 3. The molecule has 0 saturated carbocycles. The third-order valence-electron chi connectivity index (χ3n) is 5.55. The van der Waals surface area contributed by atoms with Crippen molar-refractivity contribution in [2.24, 2.45) is 0 Å². The molecule has 206 valence electrons. The van der Waals surface area contributed by atoms with E-state index in [1.165, 1.54) is 11.8 Å². The molecule has 0 radical (unpaired) electrons. The Morgan fingerprint density at radius 3 is 2.13 bits per heavy atom. The number of thioether (sulfide) groups is 1. The van der Waals surface area contributed by atoms with Crippen LogP contribution in [0.1, 0.15) is 24.0 Å². The molecule has 1 aromatic heterocycles. The fourth-order valence-corrected chi connectivity index (χ4v) is 4.58. The lowest BCUT2D eigenvalue weighted by Crippen LogP contribution is -2.39. The van der Waals surface area contributed by atoms with Crippen LogP contribution in [0.4, 0.5) is 13.2 Å². The molecule has 2 N–H and O–H groups in total. The molecule has 1 amide bonds. The number of rotatable bonds is 8. The second-order valence-corrected chi connectivity index (χ2v) is 10.3. The van der Waals surface area contributed by atoms with Gasteiger partial charge in [0.05, 0.1) is 5.75 Å². The summed E-state index contributed by atoms with van der Waals surface area (Å²) in [6, 6.07) is 23.2. The van der Waals surface area contributed by atoms with Crippen LogP contribution in [0.25, 0.3) is 11.1 Å². The molecule has 0 aliphatic heterocycles. The molecule has 0 spiro atoms. The molecule has 4 rings (SSSR count). The first-order valence-corrected chi connectivity index (χ1v) is 13.3. The van der Waals surface area contributed by atoms with E-state index < -0.39 is 12.1 Å².